The number of benzene rings is 1. The van der Waals surface area contributed by atoms with Gasteiger partial charge in [-0.25, -0.2) is 0 Å². The van der Waals surface area contributed by atoms with Crippen LogP contribution in [0.25, 0.3) is 10.9 Å². The van der Waals surface area contributed by atoms with Crippen molar-refractivity contribution in [3.8, 4) is 0 Å². The van der Waals surface area contributed by atoms with Gasteiger partial charge < -0.3 is 10.7 Å². The van der Waals surface area contributed by atoms with Crippen molar-refractivity contribution in [2.75, 3.05) is 0 Å². The lowest BCUT2D eigenvalue weighted by Gasteiger charge is -1.96. The number of carbonyl (C=O) groups excluding carboxylic acids is 1. The smallest absolute Gasteiger partial charge is 0.223 e. The SMILES string of the molecule is NC([C]=O)c1cc2ccccc2[nH]1. The van der Waals surface area contributed by atoms with E-state index in [2.05, 4.69) is 4.98 Å². The Morgan fingerprint density at radius 1 is 1.38 bits per heavy atom. The minimum Gasteiger partial charge on any atom is -0.357 e. The zero-order valence-electron chi connectivity index (χ0n) is 6.95. The summed E-state index contributed by atoms with van der Waals surface area (Å²) < 4.78 is 0. The minimum absolute atomic E-state index is 0.674. The number of nitrogens with one attached hydrogen (secondary N) is 1. The topological polar surface area (TPSA) is 58.9 Å². The number of para-hydroxylation sites is 1. The molecular formula is C10H9N2O. The third kappa shape index (κ3) is 1.34. The summed E-state index contributed by atoms with van der Waals surface area (Å²) in [6, 6.07) is 8.97. The average Bonchev–Trinajstić information content (AvgIpc) is 2.59. The number of aromatic nitrogens is 1. The maximum absolute atomic E-state index is 10.3. The summed E-state index contributed by atoms with van der Waals surface area (Å²) in [4.78, 5) is 13.4. The molecule has 1 atom stereocenters. The van der Waals surface area contributed by atoms with Gasteiger partial charge in [-0.2, -0.15) is 0 Å². The zero-order valence-corrected chi connectivity index (χ0v) is 6.95. The van der Waals surface area contributed by atoms with E-state index in [9.17, 15) is 4.79 Å². The molecule has 2 aromatic rings. The molecule has 3 N–H and O–H groups in total. The van der Waals surface area contributed by atoms with E-state index in [4.69, 9.17) is 5.73 Å². The van der Waals surface area contributed by atoms with Crippen molar-refractivity contribution >= 4 is 17.2 Å². The predicted octanol–water partition coefficient (Wildman–Crippen LogP) is 1.28. The molecule has 3 heteroatoms. The first-order valence-corrected chi connectivity index (χ1v) is 4.02. The quantitative estimate of drug-likeness (QED) is 0.718. The molecule has 1 unspecified atom stereocenters. The fourth-order valence-corrected chi connectivity index (χ4v) is 1.33. The summed E-state index contributed by atoms with van der Waals surface area (Å²) in [6.07, 6.45) is 1.74. The van der Waals surface area contributed by atoms with E-state index >= 15 is 0 Å². The highest BCUT2D eigenvalue weighted by molar-refractivity contribution is 5.81. The maximum atomic E-state index is 10.3. The third-order valence-corrected chi connectivity index (χ3v) is 2.01. The van der Waals surface area contributed by atoms with Crippen LogP contribution in [0.5, 0.6) is 0 Å². The standard InChI is InChI=1S/C10H9N2O/c11-8(6-13)10-5-7-3-1-2-4-9(7)12-10/h1-5,8,12H,11H2. The van der Waals surface area contributed by atoms with Crippen LogP contribution in [0.4, 0.5) is 0 Å². The van der Waals surface area contributed by atoms with Crippen LogP contribution < -0.4 is 5.73 Å². The van der Waals surface area contributed by atoms with Crippen LogP contribution in [0.3, 0.4) is 0 Å². The van der Waals surface area contributed by atoms with Crippen molar-refractivity contribution in [1.29, 1.82) is 0 Å². The van der Waals surface area contributed by atoms with Gasteiger partial charge in [0.15, 0.2) is 0 Å². The van der Waals surface area contributed by atoms with Crippen molar-refractivity contribution in [3.63, 3.8) is 0 Å². The van der Waals surface area contributed by atoms with Crippen molar-refractivity contribution in [2.24, 2.45) is 5.73 Å². The van der Waals surface area contributed by atoms with Crippen LogP contribution in [0.2, 0.25) is 0 Å². The van der Waals surface area contributed by atoms with E-state index in [1.54, 1.807) is 6.29 Å². The monoisotopic (exact) mass is 173 g/mol. The highest BCUT2D eigenvalue weighted by Crippen LogP contribution is 2.17. The first-order chi connectivity index (χ1) is 6.31. The van der Waals surface area contributed by atoms with Crippen molar-refractivity contribution < 1.29 is 4.79 Å². The second kappa shape index (κ2) is 3.03. The molecule has 0 amide bonds. The van der Waals surface area contributed by atoms with Crippen LogP contribution >= 0.6 is 0 Å². The van der Waals surface area contributed by atoms with Gasteiger partial charge in [0.05, 0.1) is 0 Å². The van der Waals surface area contributed by atoms with Gasteiger partial charge >= 0.3 is 0 Å². The van der Waals surface area contributed by atoms with Crippen LogP contribution in [-0.4, -0.2) is 11.3 Å². The van der Waals surface area contributed by atoms with Crippen molar-refractivity contribution in [3.05, 3.63) is 36.0 Å². The summed E-state index contributed by atoms with van der Waals surface area (Å²) >= 11 is 0. The Morgan fingerprint density at radius 3 is 2.85 bits per heavy atom. The summed E-state index contributed by atoms with van der Waals surface area (Å²) in [7, 11) is 0. The largest absolute Gasteiger partial charge is 0.357 e. The van der Waals surface area contributed by atoms with E-state index in [0.29, 0.717) is 5.69 Å². The number of fused-ring (bicyclic) bond motifs is 1. The van der Waals surface area contributed by atoms with Gasteiger partial charge in [-0.15, -0.1) is 0 Å². The molecule has 0 saturated heterocycles. The maximum Gasteiger partial charge on any atom is 0.223 e. The van der Waals surface area contributed by atoms with Crippen LogP contribution in [0.15, 0.2) is 30.3 Å². The second-order valence-corrected chi connectivity index (χ2v) is 2.91. The molecule has 2 rings (SSSR count). The van der Waals surface area contributed by atoms with Gasteiger partial charge in [0.25, 0.3) is 0 Å². The van der Waals surface area contributed by atoms with E-state index in [0.717, 1.165) is 10.9 Å². The Morgan fingerprint density at radius 2 is 2.15 bits per heavy atom. The Balaban J connectivity index is 2.55. The predicted molar refractivity (Wildman–Crippen MR) is 50.9 cm³/mol. The lowest BCUT2D eigenvalue weighted by atomic mass is 10.2. The molecule has 3 nitrogen and oxygen atoms in total. The normalized spacial score (nSPS) is 13.0. The fourth-order valence-electron chi connectivity index (χ4n) is 1.33. The molecular weight excluding hydrogens is 164 g/mol. The van der Waals surface area contributed by atoms with Gasteiger partial charge in [-0.1, -0.05) is 18.2 Å². The molecule has 0 aliphatic carbocycles. The van der Waals surface area contributed by atoms with Crippen LogP contribution in [0.1, 0.15) is 11.7 Å². The molecule has 1 heterocycles. The first kappa shape index (κ1) is 8.01. The molecule has 13 heavy (non-hydrogen) atoms. The fraction of sp³-hybridized carbons (Fsp3) is 0.100. The van der Waals surface area contributed by atoms with Gasteiger partial charge in [0.2, 0.25) is 6.29 Å². The highest BCUT2D eigenvalue weighted by Gasteiger charge is 2.07. The van der Waals surface area contributed by atoms with Gasteiger partial charge in [0.1, 0.15) is 6.04 Å². The molecule has 1 aromatic heterocycles. The first-order valence-electron chi connectivity index (χ1n) is 4.02. The lowest BCUT2D eigenvalue weighted by Crippen LogP contribution is -2.11. The Kier molecular flexibility index (Phi) is 1.87. The van der Waals surface area contributed by atoms with Crippen LogP contribution in [0, 0.1) is 0 Å². The minimum atomic E-state index is -0.674. The van der Waals surface area contributed by atoms with Crippen molar-refractivity contribution in [2.45, 2.75) is 6.04 Å². The lowest BCUT2D eigenvalue weighted by molar-refractivity contribution is 0.543. The molecule has 0 spiro atoms. The Bertz CT molecular complexity index is 400. The molecule has 65 valence electrons. The molecule has 0 saturated carbocycles. The summed E-state index contributed by atoms with van der Waals surface area (Å²) in [5.74, 6) is 0. The van der Waals surface area contributed by atoms with Gasteiger partial charge in [-0.05, 0) is 17.5 Å². The summed E-state index contributed by atoms with van der Waals surface area (Å²) in [6.45, 7) is 0. The molecule has 1 aromatic carbocycles. The number of nitrogens with two attached hydrogens (primary N) is 1. The molecule has 0 bridgehead atoms. The number of H-pyrrole nitrogens is 1. The van der Waals surface area contributed by atoms with Crippen LogP contribution in [-0.2, 0) is 4.79 Å². The number of hydrogen-bond donors (Lipinski definition) is 2. The van der Waals surface area contributed by atoms with E-state index in [1.165, 1.54) is 0 Å². The summed E-state index contributed by atoms with van der Waals surface area (Å²) in [5.41, 5.74) is 7.20. The third-order valence-electron chi connectivity index (χ3n) is 2.01. The highest BCUT2D eigenvalue weighted by atomic mass is 16.1. The zero-order chi connectivity index (χ0) is 9.26. The number of hydrogen-bond acceptors (Lipinski definition) is 2. The average molecular weight is 173 g/mol. The molecule has 0 aliphatic rings. The van der Waals surface area contributed by atoms with Crippen molar-refractivity contribution in [1.82, 2.24) is 4.98 Å². The van der Waals surface area contributed by atoms with E-state index in [1.807, 2.05) is 30.3 Å². The second-order valence-electron chi connectivity index (χ2n) is 2.91. The molecule has 0 aliphatic heterocycles. The molecule has 0 fully saturated rings. The Labute approximate surface area is 75.6 Å². The van der Waals surface area contributed by atoms with E-state index < -0.39 is 6.04 Å². The molecule has 1 radical (unpaired) electrons. The number of rotatable bonds is 2. The summed E-state index contributed by atoms with van der Waals surface area (Å²) in [5, 5.41) is 1.06. The Hall–Kier alpha value is -1.61. The number of aromatic amines is 1. The van der Waals surface area contributed by atoms with Gasteiger partial charge in [0, 0.05) is 11.2 Å². The van der Waals surface area contributed by atoms with E-state index in [-0.39, 0.29) is 0 Å². The van der Waals surface area contributed by atoms with Gasteiger partial charge in [-0.3, -0.25) is 4.79 Å².